The standard InChI is InChI=1S/C20H18N2O7/c1-20(2)28-18(23)15(19(24)29-20)11-21-16-9-8-14(10-17(16)22(25)26)27-12-13-6-4-3-5-7-13/h3-11,21H,12H2,1-2H3. The minimum atomic E-state index is -1.37. The largest absolute Gasteiger partial charge is 0.489 e. The molecule has 29 heavy (non-hydrogen) atoms. The summed E-state index contributed by atoms with van der Waals surface area (Å²) in [5, 5.41) is 14.0. The highest BCUT2D eigenvalue weighted by Crippen LogP contribution is 2.30. The molecule has 0 saturated carbocycles. The highest BCUT2D eigenvalue weighted by molar-refractivity contribution is 6.15. The molecular formula is C20H18N2O7. The van der Waals surface area contributed by atoms with Crippen LogP contribution in [-0.4, -0.2) is 22.6 Å². The van der Waals surface area contributed by atoms with E-state index in [9.17, 15) is 19.7 Å². The zero-order valence-corrected chi connectivity index (χ0v) is 15.7. The van der Waals surface area contributed by atoms with E-state index in [1.165, 1.54) is 32.0 Å². The van der Waals surface area contributed by atoms with Gasteiger partial charge in [-0.1, -0.05) is 30.3 Å². The van der Waals surface area contributed by atoms with Gasteiger partial charge in [-0.3, -0.25) is 10.1 Å². The minimum Gasteiger partial charge on any atom is -0.489 e. The summed E-state index contributed by atoms with van der Waals surface area (Å²) in [6, 6.07) is 13.6. The smallest absolute Gasteiger partial charge is 0.350 e. The van der Waals surface area contributed by atoms with Crippen molar-refractivity contribution >= 4 is 23.3 Å². The molecule has 0 aromatic heterocycles. The molecule has 0 amide bonds. The van der Waals surface area contributed by atoms with Crippen LogP contribution in [0.1, 0.15) is 19.4 Å². The van der Waals surface area contributed by atoms with Gasteiger partial charge in [0.15, 0.2) is 5.57 Å². The summed E-state index contributed by atoms with van der Waals surface area (Å²) in [7, 11) is 0. The van der Waals surface area contributed by atoms with Gasteiger partial charge in [-0.2, -0.15) is 0 Å². The summed E-state index contributed by atoms with van der Waals surface area (Å²) >= 11 is 0. The van der Waals surface area contributed by atoms with E-state index >= 15 is 0 Å². The lowest BCUT2D eigenvalue weighted by Gasteiger charge is -2.29. The Balaban J connectivity index is 1.76. The van der Waals surface area contributed by atoms with Gasteiger partial charge in [-0.25, -0.2) is 9.59 Å². The van der Waals surface area contributed by atoms with Gasteiger partial charge in [-0.05, 0) is 17.7 Å². The first kappa shape index (κ1) is 19.9. The van der Waals surface area contributed by atoms with Gasteiger partial charge in [0.05, 0.1) is 11.0 Å². The van der Waals surface area contributed by atoms with Crippen molar-refractivity contribution in [3.05, 3.63) is 76.0 Å². The summed E-state index contributed by atoms with van der Waals surface area (Å²) in [5.74, 6) is -2.83. The van der Waals surface area contributed by atoms with Crippen LogP contribution in [0.25, 0.3) is 0 Å². The number of anilines is 1. The molecular weight excluding hydrogens is 380 g/mol. The second-order valence-electron chi connectivity index (χ2n) is 6.59. The number of nitrogens with one attached hydrogen (secondary N) is 1. The van der Waals surface area contributed by atoms with E-state index in [2.05, 4.69) is 5.32 Å². The van der Waals surface area contributed by atoms with E-state index in [0.717, 1.165) is 11.8 Å². The molecule has 2 aromatic carbocycles. The van der Waals surface area contributed by atoms with Crippen LogP contribution >= 0.6 is 0 Å². The molecule has 1 saturated heterocycles. The third-order valence-electron chi connectivity index (χ3n) is 3.90. The number of hydrogen-bond acceptors (Lipinski definition) is 8. The number of nitro benzene ring substituents is 1. The molecule has 0 bridgehead atoms. The van der Waals surface area contributed by atoms with Crippen LogP contribution in [0.5, 0.6) is 5.75 Å². The van der Waals surface area contributed by atoms with Crippen molar-refractivity contribution in [3.63, 3.8) is 0 Å². The lowest BCUT2D eigenvalue weighted by atomic mass is 10.2. The maximum atomic E-state index is 11.9. The Morgan fingerprint density at radius 2 is 1.76 bits per heavy atom. The van der Waals surface area contributed by atoms with Crippen molar-refractivity contribution in [1.82, 2.24) is 0 Å². The molecule has 150 valence electrons. The molecule has 1 aliphatic heterocycles. The van der Waals surface area contributed by atoms with Gasteiger partial charge in [0, 0.05) is 20.0 Å². The lowest BCUT2D eigenvalue weighted by Crippen LogP contribution is -2.42. The number of esters is 2. The normalized spacial score (nSPS) is 15.2. The van der Waals surface area contributed by atoms with Crippen LogP contribution < -0.4 is 10.1 Å². The molecule has 0 atom stereocenters. The molecule has 9 heteroatoms. The molecule has 1 N–H and O–H groups in total. The molecule has 2 aromatic rings. The van der Waals surface area contributed by atoms with Crippen molar-refractivity contribution in [2.75, 3.05) is 5.32 Å². The Morgan fingerprint density at radius 3 is 2.38 bits per heavy atom. The first-order valence-corrected chi connectivity index (χ1v) is 8.64. The quantitative estimate of drug-likeness (QED) is 0.259. The topological polar surface area (TPSA) is 117 Å². The fourth-order valence-corrected chi connectivity index (χ4v) is 2.54. The molecule has 0 unspecified atom stereocenters. The Bertz CT molecular complexity index is 962. The fourth-order valence-electron chi connectivity index (χ4n) is 2.54. The molecule has 1 heterocycles. The monoisotopic (exact) mass is 398 g/mol. The number of rotatable bonds is 6. The van der Waals surface area contributed by atoms with Gasteiger partial charge in [-0.15, -0.1) is 0 Å². The second kappa shape index (κ2) is 8.01. The fraction of sp³-hybridized carbons (Fsp3) is 0.200. The van der Waals surface area contributed by atoms with E-state index in [-0.39, 0.29) is 18.0 Å². The zero-order valence-electron chi connectivity index (χ0n) is 15.7. The maximum absolute atomic E-state index is 11.9. The molecule has 9 nitrogen and oxygen atoms in total. The highest BCUT2D eigenvalue weighted by Gasteiger charge is 2.39. The number of carbonyl (C=O) groups is 2. The van der Waals surface area contributed by atoms with Crippen molar-refractivity contribution < 1.29 is 28.7 Å². The first-order chi connectivity index (χ1) is 13.7. The molecule has 1 fully saturated rings. The summed E-state index contributed by atoms with van der Waals surface area (Å²) in [6.45, 7) is 3.10. The van der Waals surface area contributed by atoms with Crippen LogP contribution in [0, 0.1) is 10.1 Å². The van der Waals surface area contributed by atoms with Crippen molar-refractivity contribution in [2.24, 2.45) is 0 Å². The third kappa shape index (κ3) is 4.89. The molecule has 3 rings (SSSR count). The highest BCUT2D eigenvalue weighted by atomic mass is 16.7. The average Bonchev–Trinajstić information content (AvgIpc) is 2.66. The van der Waals surface area contributed by atoms with E-state index in [1.54, 1.807) is 0 Å². The van der Waals surface area contributed by atoms with Crippen molar-refractivity contribution in [1.29, 1.82) is 0 Å². The number of ether oxygens (including phenoxy) is 3. The Labute approximate surface area is 166 Å². The number of carbonyl (C=O) groups excluding carboxylic acids is 2. The zero-order chi connectivity index (χ0) is 21.0. The molecule has 0 spiro atoms. The summed E-state index contributed by atoms with van der Waals surface area (Å²) < 4.78 is 15.5. The van der Waals surface area contributed by atoms with Crippen molar-refractivity contribution in [3.8, 4) is 5.75 Å². The summed E-state index contributed by atoms with van der Waals surface area (Å²) in [6.07, 6.45) is 1.02. The van der Waals surface area contributed by atoms with Gasteiger partial charge >= 0.3 is 11.9 Å². The molecule has 1 aliphatic rings. The number of benzene rings is 2. The maximum Gasteiger partial charge on any atom is 0.350 e. The second-order valence-corrected chi connectivity index (χ2v) is 6.59. The number of cyclic esters (lactones) is 2. The Kier molecular flexibility index (Phi) is 5.49. The first-order valence-electron chi connectivity index (χ1n) is 8.64. The summed E-state index contributed by atoms with van der Waals surface area (Å²) in [5.41, 5.74) is 0.299. The van der Waals surface area contributed by atoms with Gasteiger partial charge < -0.3 is 19.5 Å². The number of hydrogen-bond donors (Lipinski definition) is 1. The van der Waals surface area contributed by atoms with Crippen LogP contribution in [0.2, 0.25) is 0 Å². The van der Waals surface area contributed by atoms with E-state index in [1.807, 2.05) is 30.3 Å². The predicted octanol–water partition coefficient (Wildman–Crippen LogP) is 3.31. The Morgan fingerprint density at radius 1 is 1.10 bits per heavy atom. The van der Waals surface area contributed by atoms with Crippen molar-refractivity contribution in [2.45, 2.75) is 26.2 Å². The van der Waals surface area contributed by atoms with Crippen LogP contribution in [-0.2, 0) is 25.7 Å². The SMILES string of the molecule is CC1(C)OC(=O)C(=CNc2ccc(OCc3ccccc3)cc2[N+](=O)[O-])C(=O)O1. The number of nitro groups is 1. The Hall–Kier alpha value is -3.88. The van der Waals surface area contributed by atoms with Gasteiger partial charge in [0.2, 0.25) is 0 Å². The minimum absolute atomic E-state index is 0.0694. The van der Waals surface area contributed by atoms with Crippen LogP contribution in [0.15, 0.2) is 60.3 Å². The molecule has 0 aliphatic carbocycles. The lowest BCUT2D eigenvalue weighted by molar-refractivity contribution is -0.384. The summed E-state index contributed by atoms with van der Waals surface area (Å²) in [4.78, 5) is 34.7. The van der Waals surface area contributed by atoms with Crippen LogP contribution in [0.4, 0.5) is 11.4 Å². The predicted molar refractivity (Wildman–Crippen MR) is 102 cm³/mol. The van der Waals surface area contributed by atoms with Gasteiger partial charge in [0.1, 0.15) is 18.0 Å². The van der Waals surface area contributed by atoms with E-state index < -0.39 is 28.2 Å². The average molecular weight is 398 g/mol. The molecule has 0 radical (unpaired) electrons. The van der Waals surface area contributed by atoms with E-state index in [0.29, 0.717) is 5.75 Å². The van der Waals surface area contributed by atoms with E-state index in [4.69, 9.17) is 14.2 Å². The van der Waals surface area contributed by atoms with Gasteiger partial charge in [0.25, 0.3) is 11.5 Å². The van der Waals surface area contributed by atoms with Crippen LogP contribution in [0.3, 0.4) is 0 Å². The third-order valence-corrected chi connectivity index (χ3v) is 3.90. The number of nitrogens with zero attached hydrogens (tertiary/aromatic N) is 1.